The van der Waals surface area contributed by atoms with Gasteiger partial charge in [-0.3, -0.25) is 0 Å². The lowest BCUT2D eigenvalue weighted by Gasteiger charge is -2.19. The van der Waals surface area contributed by atoms with Gasteiger partial charge >= 0.3 is 0 Å². The van der Waals surface area contributed by atoms with Gasteiger partial charge in [-0.25, -0.2) is 0 Å². The van der Waals surface area contributed by atoms with Gasteiger partial charge in [0.05, 0.1) is 40.2 Å². The van der Waals surface area contributed by atoms with E-state index in [0.29, 0.717) is 0 Å². The maximum Gasteiger partial charge on any atom is 0.119 e. The van der Waals surface area contributed by atoms with Crippen molar-refractivity contribution in [3.8, 4) is 22.8 Å². The van der Waals surface area contributed by atoms with E-state index in [1.807, 2.05) is 0 Å². The summed E-state index contributed by atoms with van der Waals surface area (Å²) in [5.41, 5.74) is 16.1. The number of hydrogen-bond acceptors (Lipinski definition) is 1. The molecule has 0 saturated carbocycles. The Morgan fingerprint density at radius 3 is 0.794 bits per heavy atom. The van der Waals surface area contributed by atoms with Crippen LogP contribution in [0.2, 0.25) is 0 Å². The Labute approximate surface area is 372 Å². The molecule has 0 bridgehead atoms. The molecule has 0 N–H and O–H groups in total. The first-order valence-electron chi connectivity index (χ1n) is 22.6. The van der Waals surface area contributed by atoms with Crippen molar-refractivity contribution in [3.63, 3.8) is 0 Å². The fraction of sp³-hybridized carbons (Fsp3) is 0.288. The molecule has 0 atom stereocenters. The third kappa shape index (κ3) is 6.64. The Hall–Kier alpha value is -6.26. The molecule has 4 nitrogen and oxygen atoms in total. The molecule has 10 aromatic rings. The fourth-order valence-electron chi connectivity index (χ4n) is 9.76. The zero-order valence-corrected chi connectivity index (χ0v) is 39.5. The van der Waals surface area contributed by atoms with E-state index in [1.54, 1.807) is 7.11 Å². The van der Waals surface area contributed by atoms with Crippen molar-refractivity contribution in [2.75, 3.05) is 7.11 Å². The average molecular weight is 828 g/mol. The molecule has 10 rings (SSSR count). The maximum atomic E-state index is 5.60. The van der Waals surface area contributed by atoms with E-state index in [-0.39, 0.29) is 21.7 Å². The van der Waals surface area contributed by atoms with Gasteiger partial charge in [0.1, 0.15) is 5.75 Å². The van der Waals surface area contributed by atoms with Crippen LogP contribution in [0.5, 0.6) is 5.75 Å². The zero-order valence-electron chi connectivity index (χ0n) is 39.5. The third-order valence-electron chi connectivity index (χ3n) is 13.6. The minimum atomic E-state index is 0.0320. The topological polar surface area (TPSA) is 24.0 Å². The predicted octanol–water partition coefficient (Wildman–Crippen LogP) is 16.2. The Balaban J connectivity index is 1.27. The summed E-state index contributed by atoms with van der Waals surface area (Å²) in [4.78, 5) is 0. The van der Waals surface area contributed by atoms with Crippen LogP contribution in [0.15, 0.2) is 133 Å². The van der Waals surface area contributed by atoms with Crippen molar-refractivity contribution in [1.29, 1.82) is 0 Å². The number of benzene rings is 7. The van der Waals surface area contributed by atoms with Crippen molar-refractivity contribution >= 4 is 65.4 Å². The molecule has 0 saturated heterocycles. The summed E-state index contributed by atoms with van der Waals surface area (Å²) in [6, 6.07) is 50.9. The molecule has 0 radical (unpaired) electrons. The number of methoxy groups -OCH3 is 1. The highest BCUT2D eigenvalue weighted by Crippen LogP contribution is 2.42. The zero-order chi connectivity index (χ0) is 44.5. The summed E-state index contributed by atoms with van der Waals surface area (Å²) in [5, 5.41) is 7.59. The molecule has 0 aliphatic heterocycles. The number of fused-ring (bicyclic) bond motifs is 9. The summed E-state index contributed by atoms with van der Waals surface area (Å²) in [6.07, 6.45) is 0. The number of aromatic nitrogens is 3. The first-order chi connectivity index (χ1) is 29.7. The average Bonchev–Trinajstić information content (AvgIpc) is 3.86. The van der Waals surface area contributed by atoms with Gasteiger partial charge in [0.25, 0.3) is 0 Å². The highest BCUT2D eigenvalue weighted by atomic mass is 16.5. The van der Waals surface area contributed by atoms with Crippen LogP contribution in [0.25, 0.3) is 82.5 Å². The van der Waals surface area contributed by atoms with Crippen LogP contribution in [0.4, 0.5) is 0 Å². The molecule has 0 aliphatic carbocycles. The van der Waals surface area contributed by atoms with E-state index in [2.05, 4.69) is 230 Å². The molecule has 63 heavy (non-hydrogen) atoms. The normalized spacial score (nSPS) is 13.2. The molecule has 7 aromatic carbocycles. The van der Waals surface area contributed by atoms with Crippen molar-refractivity contribution in [3.05, 3.63) is 156 Å². The molecule has 0 unspecified atom stereocenters. The van der Waals surface area contributed by atoms with Crippen LogP contribution in [0.3, 0.4) is 0 Å². The van der Waals surface area contributed by atoms with Gasteiger partial charge in [0.15, 0.2) is 0 Å². The quantitative estimate of drug-likeness (QED) is 0.173. The van der Waals surface area contributed by atoms with E-state index >= 15 is 0 Å². The van der Waals surface area contributed by atoms with E-state index in [0.717, 1.165) is 33.8 Å². The minimum Gasteiger partial charge on any atom is -0.497 e. The van der Waals surface area contributed by atoms with Gasteiger partial charge in [-0.15, -0.1) is 0 Å². The van der Waals surface area contributed by atoms with E-state index in [9.17, 15) is 0 Å². The van der Waals surface area contributed by atoms with Gasteiger partial charge < -0.3 is 18.4 Å². The van der Waals surface area contributed by atoms with Crippen molar-refractivity contribution in [1.82, 2.24) is 13.7 Å². The molecule has 0 amide bonds. The van der Waals surface area contributed by atoms with Crippen molar-refractivity contribution in [2.24, 2.45) is 0 Å². The maximum absolute atomic E-state index is 5.60. The second-order valence-corrected chi connectivity index (χ2v) is 22.0. The molecule has 0 fully saturated rings. The summed E-state index contributed by atoms with van der Waals surface area (Å²) < 4.78 is 13.0. The Morgan fingerprint density at radius 1 is 0.286 bits per heavy atom. The van der Waals surface area contributed by atoms with Gasteiger partial charge in [-0.2, -0.15) is 0 Å². The predicted molar refractivity (Wildman–Crippen MR) is 271 cm³/mol. The summed E-state index contributed by atoms with van der Waals surface area (Å²) >= 11 is 0. The Kier molecular flexibility index (Phi) is 8.98. The van der Waals surface area contributed by atoms with Gasteiger partial charge in [0.2, 0.25) is 0 Å². The Bertz CT molecular complexity index is 3100. The highest BCUT2D eigenvalue weighted by molar-refractivity contribution is 6.14. The molecule has 318 valence electrons. The lowest BCUT2D eigenvalue weighted by atomic mass is 9.85. The molecular formula is C59H61N3O. The van der Waals surface area contributed by atoms with Gasteiger partial charge in [-0.1, -0.05) is 107 Å². The standard InChI is InChI=1S/C59H61N3O/c1-56(2,3)36-14-24-50-44(30-36)45-31-37(57(4,5)6)15-25-51(45)61(50)41-20-28-54-48(34-41)49-35-42(21-29-55(49)60(54)40-18-22-43(63-13)23-19-40)62-52-26-16-38(58(7,8)9)32-46(52)47-33-39(59(10,11)12)17-27-53(47)62/h14-35H,1-13H3. The number of nitrogens with zero attached hydrogens (tertiary/aromatic N) is 3. The van der Waals surface area contributed by atoms with Gasteiger partial charge in [-0.05, 0) is 153 Å². The molecule has 0 spiro atoms. The van der Waals surface area contributed by atoms with Crippen molar-refractivity contribution < 1.29 is 4.74 Å². The molecule has 4 heteroatoms. The lowest BCUT2D eigenvalue weighted by Crippen LogP contribution is -2.10. The minimum absolute atomic E-state index is 0.0320. The molecular weight excluding hydrogens is 767 g/mol. The van der Waals surface area contributed by atoms with Crippen LogP contribution >= 0.6 is 0 Å². The highest BCUT2D eigenvalue weighted by Gasteiger charge is 2.24. The van der Waals surface area contributed by atoms with Crippen LogP contribution in [0.1, 0.15) is 105 Å². The first-order valence-corrected chi connectivity index (χ1v) is 22.6. The molecule has 0 aliphatic rings. The molecule has 3 heterocycles. The number of ether oxygens (including phenoxy) is 1. The molecule has 3 aromatic heterocycles. The van der Waals surface area contributed by atoms with Crippen LogP contribution in [-0.4, -0.2) is 20.8 Å². The van der Waals surface area contributed by atoms with E-state index < -0.39 is 0 Å². The number of hydrogen-bond donors (Lipinski definition) is 0. The van der Waals surface area contributed by atoms with Crippen LogP contribution < -0.4 is 4.74 Å². The summed E-state index contributed by atoms with van der Waals surface area (Å²) in [5.74, 6) is 0.843. The summed E-state index contributed by atoms with van der Waals surface area (Å²) in [7, 11) is 1.73. The van der Waals surface area contributed by atoms with Crippen LogP contribution in [0, 0.1) is 0 Å². The Morgan fingerprint density at radius 2 is 0.524 bits per heavy atom. The third-order valence-corrected chi connectivity index (χ3v) is 13.6. The van der Waals surface area contributed by atoms with Crippen molar-refractivity contribution in [2.45, 2.75) is 105 Å². The van der Waals surface area contributed by atoms with E-state index in [1.165, 1.54) is 76.6 Å². The monoisotopic (exact) mass is 827 g/mol. The fourth-order valence-corrected chi connectivity index (χ4v) is 9.76. The smallest absolute Gasteiger partial charge is 0.119 e. The van der Waals surface area contributed by atoms with Gasteiger partial charge in [0, 0.05) is 49.4 Å². The van der Waals surface area contributed by atoms with E-state index in [4.69, 9.17) is 4.74 Å². The summed E-state index contributed by atoms with van der Waals surface area (Å²) in [6.45, 7) is 27.7. The SMILES string of the molecule is COc1ccc(-n2c3ccc(-n4c5ccc(C(C)(C)C)cc5c5cc(C(C)(C)C)ccc54)cc3c3cc(-n4c5ccc(C(C)(C)C)cc5c5cc(C(C)(C)C)ccc54)ccc32)cc1. The largest absolute Gasteiger partial charge is 0.497 e. The number of rotatable bonds is 4. The first kappa shape index (κ1) is 40.8. The lowest BCUT2D eigenvalue weighted by molar-refractivity contribution is 0.415. The second-order valence-electron chi connectivity index (χ2n) is 22.0. The van der Waals surface area contributed by atoms with Crippen LogP contribution in [-0.2, 0) is 21.7 Å². The second kappa shape index (κ2) is 13.9.